The van der Waals surface area contributed by atoms with Crippen LogP contribution in [-0.4, -0.2) is 16.2 Å². The maximum atomic E-state index is 5.33. The summed E-state index contributed by atoms with van der Waals surface area (Å²) in [6, 6.07) is 0.314. The van der Waals surface area contributed by atoms with Crippen LogP contribution in [0.3, 0.4) is 0 Å². The van der Waals surface area contributed by atoms with Crippen LogP contribution in [0.4, 0.5) is 6.01 Å². The molecule has 1 aromatic heterocycles. The minimum absolute atomic E-state index is 0.0696. The molecule has 0 aliphatic heterocycles. The average Bonchev–Trinajstić information content (AvgIpc) is 2.46. The van der Waals surface area contributed by atoms with Crippen LogP contribution in [-0.2, 0) is 0 Å². The fourth-order valence-electron chi connectivity index (χ4n) is 0.890. The number of terminal acetylenes is 1. The number of aryl methyl sites for hydroxylation is 1. The van der Waals surface area contributed by atoms with Gasteiger partial charge in [-0.1, -0.05) is 24.9 Å². The molecule has 1 unspecified atom stereocenters. The Morgan fingerprint density at radius 2 is 2.23 bits per heavy atom. The van der Waals surface area contributed by atoms with E-state index in [9.17, 15) is 0 Å². The molecule has 1 atom stereocenters. The number of anilines is 1. The normalized spacial score (nSPS) is 12.5. The monoisotopic (exact) mass is 179 g/mol. The van der Waals surface area contributed by atoms with E-state index in [1.807, 2.05) is 13.8 Å². The topological polar surface area (TPSA) is 51.0 Å². The van der Waals surface area contributed by atoms with Crippen molar-refractivity contribution in [2.24, 2.45) is 5.92 Å². The summed E-state index contributed by atoms with van der Waals surface area (Å²) in [7, 11) is 0. The zero-order valence-corrected chi connectivity index (χ0v) is 8.03. The van der Waals surface area contributed by atoms with Crippen molar-refractivity contribution in [1.29, 1.82) is 0 Å². The molecule has 1 N–H and O–H groups in total. The highest BCUT2D eigenvalue weighted by molar-refractivity contribution is 5.26. The van der Waals surface area contributed by atoms with Crippen LogP contribution in [0.25, 0.3) is 0 Å². The number of hydrogen-bond acceptors (Lipinski definition) is 4. The Morgan fingerprint density at radius 3 is 2.62 bits per heavy atom. The van der Waals surface area contributed by atoms with Crippen LogP contribution < -0.4 is 5.32 Å². The Morgan fingerprint density at radius 1 is 1.54 bits per heavy atom. The molecule has 0 aliphatic rings. The van der Waals surface area contributed by atoms with Crippen molar-refractivity contribution in [1.82, 2.24) is 10.1 Å². The molecule has 4 nitrogen and oxygen atoms in total. The molecule has 1 aromatic rings. The van der Waals surface area contributed by atoms with E-state index < -0.39 is 0 Å². The summed E-state index contributed by atoms with van der Waals surface area (Å²) in [5.74, 6) is 3.55. The van der Waals surface area contributed by atoms with Gasteiger partial charge in [-0.05, 0) is 12.8 Å². The molecule has 1 rings (SSSR count). The van der Waals surface area contributed by atoms with Crippen LogP contribution in [0.5, 0.6) is 0 Å². The van der Waals surface area contributed by atoms with E-state index in [-0.39, 0.29) is 6.04 Å². The van der Waals surface area contributed by atoms with Gasteiger partial charge in [0.2, 0.25) is 0 Å². The molecule has 0 aromatic carbocycles. The number of aromatic nitrogens is 2. The molecule has 0 saturated heterocycles. The van der Waals surface area contributed by atoms with Crippen molar-refractivity contribution in [3.05, 3.63) is 5.82 Å². The standard InChI is InChI=1S/C9H13N3O/c1-5-8(6(2)3)11-9-10-7(4)12-13-9/h1,6,8H,2-4H3,(H,10,11,12). The molecule has 0 spiro atoms. The highest BCUT2D eigenvalue weighted by Gasteiger charge is 2.12. The summed E-state index contributed by atoms with van der Waals surface area (Å²) >= 11 is 0. The van der Waals surface area contributed by atoms with E-state index >= 15 is 0 Å². The average molecular weight is 179 g/mol. The van der Waals surface area contributed by atoms with E-state index in [0.29, 0.717) is 17.8 Å². The lowest BCUT2D eigenvalue weighted by molar-refractivity contribution is 0.419. The van der Waals surface area contributed by atoms with E-state index in [1.54, 1.807) is 6.92 Å². The lowest BCUT2D eigenvalue weighted by atomic mass is 10.1. The zero-order chi connectivity index (χ0) is 9.84. The largest absolute Gasteiger partial charge is 0.324 e. The molecule has 0 saturated carbocycles. The van der Waals surface area contributed by atoms with Crippen molar-refractivity contribution >= 4 is 6.01 Å². The Labute approximate surface area is 77.7 Å². The molecule has 13 heavy (non-hydrogen) atoms. The van der Waals surface area contributed by atoms with Gasteiger partial charge in [-0.15, -0.1) is 6.42 Å². The first-order chi connectivity index (χ1) is 6.13. The molecule has 4 heteroatoms. The lowest BCUT2D eigenvalue weighted by Gasteiger charge is -2.13. The van der Waals surface area contributed by atoms with Crippen LogP contribution in [0.1, 0.15) is 19.7 Å². The first kappa shape index (κ1) is 9.59. The first-order valence-corrected chi connectivity index (χ1v) is 4.16. The highest BCUT2D eigenvalue weighted by atomic mass is 16.5. The first-order valence-electron chi connectivity index (χ1n) is 4.16. The molecule has 1 heterocycles. The predicted octanol–water partition coefficient (Wildman–Crippen LogP) is 1.45. The van der Waals surface area contributed by atoms with Gasteiger partial charge >= 0.3 is 6.01 Å². The van der Waals surface area contributed by atoms with Crippen LogP contribution in [0.2, 0.25) is 0 Å². The number of hydrogen-bond donors (Lipinski definition) is 1. The highest BCUT2D eigenvalue weighted by Crippen LogP contribution is 2.09. The minimum atomic E-state index is -0.0696. The summed E-state index contributed by atoms with van der Waals surface area (Å²) in [5, 5.41) is 6.62. The second kappa shape index (κ2) is 3.94. The zero-order valence-electron chi connectivity index (χ0n) is 8.03. The third-order valence-corrected chi connectivity index (χ3v) is 1.65. The maximum Gasteiger partial charge on any atom is 0.322 e. The van der Waals surface area contributed by atoms with Gasteiger partial charge in [-0.25, -0.2) is 0 Å². The van der Waals surface area contributed by atoms with Crippen molar-refractivity contribution in [3.63, 3.8) is 0 Å². The molecule has 0 fully saturated rings. The molecule has 0 radical (unpaired) electrons. The minimum Gasteiger partial charge on any atom is -0.324 e. The van der Waals surface area contributed by atoms with Crippen LogP contribution in [0, 0.1) is 25.2 Å². The van der Waals surface area contributed by atoms with Crippen molar-refractivity contribution in [3.8, 4) is 12.3 Å². The van der Waals surface area contributed by atoms with Crippen LogP contribution >= 0.6 is 0 Å². The maximum absolute atomic E-state index is 5.33. The van der Waals surface area contributed by atoms with Gasteiger partial charge in [0.1, 0.15) is 0 Å². The quantitative estimate of drug-likeness (QED) is 0.713. The lowest BCUT2D eigenvalue weighted by Crippen LogP contribution is -2.23. The van der Waals surface area contributed by atoms with Gasteiger partial charge in [-0.3, -0.25) is 0 Å². The number of rotatable bonds is 3. The summed E-state index contributed by atoms with van der Waals surface area (Å²) in [5.41, 5.74) is 0. The second-order valence-corrected chi connectivity index (χ2v) is 3.18. The molecular formula is C9H13N3O. The third kappa shape index (κ3) is 2.48. The van der Waals surface area contributed by atoms with Gasteiger partial charge in [0.15, 0.2) is 5.82 Å². The van der Waals surface area contributed by atoms with Gasteiger partial charge in [0.25, 0.3) is 0 Å². The molecule has 0 amide bonds. The third-order valence-electron chi connectivity index (χ3n) is 1.65. The van der Waals surface area contributed by atoms with E-state index in [4.69, 9.17) is 10.9 Å². The van der Waals surface area contributed by atoms with Gasteiger partial charge in [0.05, 0.1) is 6.04 Å². The Bertz CT molecular complexity index is 311. The predicted molar refractivity (Wildman–Crippen MR) is 50.1 cm³/mol. The second-order valence-electron chi connectivity index (χ2n) is 3.18. The van der Waals surface area contributed by atoms with E-state index in [1.165, 1.54) is 0 Å². The SMILES string of the molecule is C#CC(Nc1nc(C)no1)C(C)C. The Balaban J connectivity index is 2.63. The molecule has 0 bridgehead atoms. The fraction of sp³-hybridized carbons (Fsp3) is 0.556. The molecule has 70 valence electrons. The number of nitrogens with one attached hydrogen (secondary N) is 1. The molecule has 0 aliphatic carbocycles. The van der Waals surface area contributed by atoms with E-state index in [0.717, 1.165) is 0 Å². The van der Waals surface area contributed by atoms with Crippen LogP contribution in [0.15, 0.2) is 4.52 Å². The Kier molecular flexibility index (Phi) is 2.91. The van der Waals surface area contributed by atoms with Crippen molar-refractivity contribution < 1.29 is 4.52 Å². The van der Waals surface area contributed by atoms with Gasteiger partial charge in [0, 0.05) is 0 Å². The van der Waals surface area contributed by atoms with E-state index in [2.05, 4.69) is 21.4 Å². The smallest absolute Gasteiger partial charge is 0.322 e. The van der Waals surface area contributed by atoms with Gasteiger partial charge in [-0.2, -0.15) is 4.98 Å². The van der Waals surface area contributed by atoms with Gasteiger partial charge < -0.3 is 9.84 Å². The summed E-state index contributed by atoms with van der Waals surface area (Å²) in [6.45, 7) is 5.82. The summed E-state index contributed by atoms with van der Waals surface area (Å²) in [4.78, 5) is 4.00. The molecular weight excluding hydrogens is 166 g/mol. The fourth-order valence-corrected chi connectivity index (χ4v) is 0.890. The van der Waals surface area contributed by atoms with Crippen molar-refractivity contribution in [2.75, 3.05) is 5.32 Å². The number of nitrogens with zero attached hydrogens (tertiary/aromatic N) is 2. The summed E-state index contributed by atoms with van der Waals surface area (Å²) in [6.07, 6.45) is 5.33. The summed E-state index contributed by atoms with van der Waals surface area (Å²) < 4.78 is 4.88. The Hall–Kier alpha value is -1.50. The van der Waals surface area contributed by atoms with Crippen molar-refractivity contribution in [2.45, 2.75) is 26.8 Å².